The summed E-state index contributed by atoms with van der Waals surface area (Å²) in [6, 6.07) is 15.8. The van der Waals surface area contributed by atoms with Gasteiger partial charge in [-0.05, 0) is 70.1 Å². The highest BCUT2D eigenvalue weighted by atomic mass is 15.3. The Morgan fingerprint density at radius 3 is 2.58 bits per heavy atom. The average Bonchev–Trinajstić information content (AvgIpc) is 2.85. The molecule has 2 aromatic heterocycles. The van der Waals surface area contributed by atoms with Gasteiger partial charge >= 0.3 is 0 Å². The molecular formula is C27H34N6. The number of nitrogens with zero attached hydrogens (tertiary/aromatic N) is 5. The van der Waals surface area contributed by atoms with Gasteiger partial charge in [-0.25, -0.2) is 4.98 Å². The summed E-state index contributed by atoms with van der Waals surface area (Å²) in [7, 11) is 0. The second-order valence-electron chi connectivity index (χ2n) is 9.60. The monoisotopic (exact) mass is 442 g/mol. The fourth-order valence-corrected chi connectivity index (χ4v) is 5.28. The molecule has 2 N–H and O–H groups in total. The predicted molar refractivity (Wildman–Crippen MR) is 135 cm³/mol. The molecule has 0 radical (unpaired) electrons. The standard InChI is InChI=1S/C27H34N6/c1-19(2)33(23-12-10-22(28)11-13-23)27-29-15-14-26(31-27)32-16-6-9-21-18-30-24(17-25(21)32)20-7-4-3-5-8-20/h3-5,7-8,14-15,17-19,22-23H,6,9-13,16,28H2,1-2H3. The quantitative estimate of drug-likeness (QED) is 0.592. The second-order valence-corrected chi connectivity index (χ2v) is 9.60. The lowest BCUT2D eigenvalue weighted by atomic mass is 9.90. The van der Waals surface area contributed by atoms with E-state index in [4.69, 9.17) is 20.7 Å². The Morgan fingerprint density at radius 2 is 1.82 bits per heavy atom. The van der Waals surface area contributed by atoms with E-state index in [0.29, 0.717) is 18.1 Å². The van der Waals surface area contributed by atoms with Gasteiger partial charge in [0.2, 0.25) is 5.95 Å². The van der Waals surface area contributed by atoms with E-state index < -0.39 is 0 Å². The molecule has 2 aliphatic rings. The lowest BCUT2D eigenvalue weighted by Crippen LogP contribution is -2.45. The Kier molecular flexibility index (Phi) is 6.27. The molecule has 3 heterocycles. The Balaban J connectivity index is 1.48. The van der Waals surface area contributed by atoms with Crippen LogP contribution in [-0.2, 0) is 6.42 Å². The molecule has 0 amide bonds. The molecule has 1 fully saturated rings. The fraction of sp³-hybridized carbons (Fsp3) is 0.444. The molecule has 6 nitrogen and oxygen atoms in total. The zero-order valence-corrected chi connectivity index (χ0v) is 19.7. The number of aryl methyl sites for hydroxylation is 1. The van der Waals surface area contributed by atoms with Gasteiger partial charge in [-0.15, -0.1) is 0 Å². The minimum absolute atomic E-state index is 0.333. The molecule has 1 aliphatic carbocycles. The smallest absolute Gasteiger partial charge is 0.227 e. The van der Waals surface area contributed by atoms with E-state index in [0.717, 1.165) is 68.1 Å². The summed E-state index contributed by atoms with van der Waals surface area (Å²) < 4.78 is 0. The molecule has 0 unspecified atom stereocenters. The molecule has 1 aromatic carbocycles. The molecule has 33 heavy (non-hydrogen) atoms. The number of rotatable bonds is 5. The minimum atomic E-state index is 0.333. The van der Waals surface area contributed by atoms with Gasteiger partial charge in [0.15, 0.2) is 0 Å². The highest BCUT2D eigenvalue weighted by molar-refractivity contribution is 5.72. The molecule has 3 aromatic rings. The SMILES string of the molecule is CC(C)N(c1nccc(N2CCCc3cnc(-c4ccccc4)cc32)n1)C1CCC(N)CC1. The van der Waals surface area contributed by atoms with Gasteiger partial charge in [-0.3, -0.25) is 4.98 Å². The van der Waals surface area contributed by atoms with E-state index in [1.54, 1.807) is 0 Å². The van der Waals surface area contributed by atoms with Crippen LogP contribution >= 0.6 is 0 Å². The maximum atomic E-state index is 6.17. The van der Waals surface area contributed by atoms with Gasteiger partial charge in [-0.2, -0.15) is 4.98 Å². The summed E-state index contributed by atoms with van der Waals surface area (Å²) in [6.45, 7) is 5.42. The van der Waals surface area contributed by atoms with Crippen molar-refractivity contribution in [2.45, 2.75) is 70.5 Å². The molecule has 6 heteroatoms. The third kappa shape index (κ3) is 4.58. The Morgan fingerprint density at radius 1 is 1.03 bits per heavy atom. The molecule has 1 aliphatic heterocycles. The Hall–Kier alpha value is -2.99. The normalized spacial score (nSPS) is 20.5. The van der Waals surface area contributed by atoms with Crippen molar-refractivity contribution in [3.63, 3.8) is 0 Å². The van der Waals surface area contributed by atoms with E-state index in [1.165, 1.54) is 11.3 Å². The molecule has 0 spiro atoms. The number of hydrogen-bond acceptors (Lipinski definition) is 6. The van der Waals surface area contributed by atoms with Gasteiger partial charge in [0.1, 0.15) is 5.82 Å². The highest BCUT2D eigenvalue weighted by Crippen LogP contribution is 2.36. The maximum absolute atomic E-state index is 6.17. The van der Waals surface area contributed by atoms with E-state index in [9.17, 15) is 0 Å². The fourth-order valence-electron chi connectivity index (χ4n) is 5.28. The van der Waals surface area contributed by atoms with Crippen molar-refractivity contribution in [1.82, 2.24) is 15.0 Å². The number of benzene rings is 1. The lowest BCUT2D eigenvalue weighted by molar-refractivity contribution is 0.360. The first-order valence-electron chi connectivity index (χ1n) is 12.3. The topological polar surface area (TPSA) is 71.2 Å². The van der Waals surface area contributed by atoms with Crippen molar-refractivity contribution in [3.05, 3.63) is 60.4 Å². The van der Waals surface area contributed by atoms with Crippen molar-refractivity contribution in [2.24, 2.45) is 5.73 Å². The van der Waals surface area contributed by atoms with Crippen molar-refractivity contribution in [2.75, 3.05) is 16.3 Å². The molecule has 172 valence electrons. The second kappa shape index (κ2) is 9.48. The molecule has 0 atom stereocenters. The first-order valence-corrected chi connectivity index (χ1v) is 12.3. The number of anilines is 3. The highest BCUT2D eigenvalue weighted by Gasteiger charge is 2.29. The van der Waals surface area contributed by atoms with Crippen LogP contribution in [0.25, 0.3) is 11.3 Å². The van der Waals surface area contributed by atoms with Gasteiger partial charge in [0.25, 0.3) is 0 Å². The third-order valence-corrected chi connectivity index (χ3v) is 6.98. The predicted octanol–water partition coefficient (Wildman–Crippen LogP) is 5.11. The first-order chi connectivity index (χ1) is 16.1. The Labute approximate surface area is 196 Å². The summed E-state index contributed by atoms with van der Waals surface area (Å²) in [5.41, 5.74) is 10.8. The molecule has 5 rings (SSSR count). The third-order valence-electron chi connectivity index (χ3n) is 6.98. The van der Waals surface area contributed by atoms with Crippen LogP contribution in [0.2, 0.25) is 0 Å². The van der Waals surface area contributed by atoms with Crippen LogP contribution in [0.5, 0.6) is 0 Å². The average molecular weight is 443 g/mol. The van der Waals surface area contributed by atoms with Gasteiger partial charge in [0, 0.05) is 48.3 Å². The van der Waals surface area contributed by atoms with Crippen LogP contribution in [0.1, 0.15) is 51.5 Å². The van der Waals surface area contributed by atoms with Crippen LogP contribution < -0.4 is 15.5 Å². The van der Waals surface area contributed by atoms with Crippen molar-refractivity contribution >= 4 is 17.5 Å². The van der Waals surface area contributed by atoms with Crippen molar-refractivity contribution in [3.8, 4) is 11.3 Å². The Bertz CT molecular complexity index is 1070. The van der Waals surface area contributed by atoms with Gasteiger partial charge in [0.05, 0.1) is 5.69 Å². The number of hydrogen-bond donors (Lipinski definition) is 1. The molecule has 0 bridgehead atoms. The summed E-state index contributed by atoms with van der Waals surface area (Å²) in [5.74, 6) is 1.79. The summed E-state index contributed by atoms with van der Waals surface area (Å²) in [4.78, 5) is 19.3. The van der Waals surface area contributed by atoms with Crippen LogP contribution in [0.4, 0.5) is 17.5 Å². The van der Waals surface area contributed by atoms with Crippen LogP contribution in [0, 0.1) is 0 Å². The minimum Gasteiger partial charge on any atom is -0.335 e. The number of nitrogens with two attached hydrogens (primary N) is 1. The van der Waals surface area contributed by atoms with Crippen LogP contribution in [0.15, 0.2) is 54.9 Å². The zero-order valence-electron chi connectivity index (χ0n) is 19.7. The van der Waals surface area contributed by atoms with E-state index in [2.05, 4.69) is 54.0 Å². The molecular weight excluding hydrogens is 408 g/mol. The molecule has 0 saturated heterocycles. The number of pyridine rings is 1. The van der Waals surface area contributed by atoms with Gasteiger partial charge in [-0.1, -0.05) is 30.3 Å². The summed E-state index contributed by atoms with van der Waals surface area (Å²) in [6.07, 6.45) is 10.4. The number of fused-ring (bicyclic) bond motifs is 1. The largest absolute Gasteiger partial charge is 0.335 e. The summed E-state index contributed by atoms with van der Waals surface area (Å²) >= 11 is 0. The maximum Gasteiger partial charge on any atom is 0.227 e. The number of aromatic nitrogens is 3. The van der Waals surface area contributed by atoms with E-state index in [1.807, 2.05) is 24.5 Å². The zero-order chi connectivity index (χ0) is 22.8. The van der Waals surface area contributed by atoms with Crippen LogP contribution in [-0.4, -0.2) is 39.6 Å². The van der Waals surface area contributed by atoms with E-state index in [-0.39, 0.29) is 0 Å². The van der Waals surface area contributed by atoms with Gasteiger partial charge < -0.3 is 15.5 Å². The van der Waals surface area contributed by atoms with E-state index >= 15 is 0 Å². The first kappa shape index (κ1) is 21.8. The summed E-state index contributed by atoms with van der Waals surface area (Å²) in [5, 5.41) is 0. The van der Waals surface area contributed by atoms with Crippen molar-refractivity contribution in [1.29, 1.82) is 0 Å². The van der Waals surface area contributed by atoms with Crippen molar-refractivity contribution < 1.29 is 0 Å². The van der Waals surface area contributed by atoms with Crippen LogP contribution in [0.3, 0.4) is 0 Å². The lowest BCUT2D eigenvalue weighted by Gasteiger charge is -2.39. The molecule has 1 saturated carbocycles.